The molecule has 0 aliphatic heterocycles. The second-order valence-corrected chi connectivity index (χ2v) is 5.01. The van der Waals surface area contributed by atoms with Crippen molar-refractivity contribution in [3.63, 3.8) is 0 Å². The van der Waals surface area contributed by atoms with Gasteiger partial charge in [0, 0.05) is 25.0 Å². The zero-order chi connectivity index (χ0) is 12.4. The third-order valence-corrected chi connectivity index (χ3v) is 3.46. The smallest absolute Gasteiger partial charge is 0.222 e. The minimum Gasteiger partial charge on any atom is -0.368 e. The molecule has 0 amide bonds. The van der Waals surface area contributed by atoms with E-state index >= 15 is 0 Å². The molecule has 0 aliphatic rings. The zero-order valence-electron chi connectivity index (χ0n) is 10.2. The molecule has 0 saturated heterocycles. The lowest BCUT2D eigenvalue weighted by atomic mass is 10.4. The lowest BCUT2D eigenvalue weighted by Crippen LogP contribution is -2.01. The SMILES string of the molecule is CC(C)n1ccc(CSc2nnc(N)n2C)n1. The van der Waals surface area contributed by atoms with E-state index in [0.29, 0.717) is 12.0 Å². The largest absolute Gasteiger partial charge is 0.368 e. The maximum atomic E-state index is 5.61. The Bertz CT molecular complexity index is 501. The molecule has 6 nitrogen and oxygen atoms in total. The summed E-state index contributed by atoms with van der Waals surface area (Å²) in [6.45, 7) is 4.21. The average Bonchev–Trinajstić information content (AvgIpc) is 2.86. The number of hydrogen-bond donors (Lipinski definition) is 1. The maximum absolute atomic E-state index is 5.61. The van der Waals surface area contributed by atoms with Gasteiger partial charge in [-0.1, -0.05) is 11.8 Å². The molecule has 0 saturated carbocycles. The molecular weight excluding hydrogens is 236 g/mol. The minimum absolute atomic E-state index is 0.388. The Labute approximate surface area is 104 Å². The predicted molar refractivity (Wildman–Crippen MR) is 67.6 cm³/mol. The molecule has 2 aromatic heterocycles. The summed E-state index contributed by atoms with van der Waals surface area (Å²) < 4.78 is 3.71. The highest BCUT2D eigenvalue weighted by Gasteiger charge is 2.08. The Balaban J connectivity index is 2.00. The fraction of sp³-hybridized carbons (Fsp3) is 0.500. The fourth-order valence-corrected chi connectivity index (χ4v) is 2.15. The van der Waals surface area contributed by atoms with Gasteiger partial charge in [-0.05, 0) is 19.9 Å². The summed E-state index contributed by atoms with van der Waals surface area (Å²) in [6, 6.07) is 2.41. The molecule has 2 heterocycles. The first-order valence-electron chi connectivity index (χ1n) is 5.39. The summed E-state index contributed by atoms with van der Waals surface area (Å²) in [5, 5.41) is 13.1. The number of nitrogen functional groups attached to an aromatic ring is 1. The third-order valence-electron chi connectivity index (χ3n) is 2.41. The van der Waals surface area contributed by atoms with Gasteiger partial charge < -0.3 is 5.73 Å². The van der Waals surface area contributed by atoms with Crippen molar-refractivity contribution in [1.29, 1.82) is 0 Å². The van der Waals surface area contributed by atoms with E-state index in [1.54, 1.807) is 16.3 Å². The molecule has 0 bridgehead atoms. The summed E-state index contributed by atoms with van der Waals surface area (Å²) in [4.78, 5) is 0. The van der Waals surface area contributed by atoms with E-state index < -0.39 is 0 Å². The van der Waals surface area contributed by atoms with Crippen molar-refractivity contribution in [2.75, 3.05) is 5.73 Å². The molecule has 0 atom stereocenters. The van der Waals surface area contributed by atoms with Crippen molar-refractivity contribution in [2.45, 2.75) is 30.8 Å². The van der Waals surface area contributed by atoms with Gasteiger partial charge in [0.05, 0.1) is 5.69 Å². The van der Waals surface area contributed by atoms with Crippen molar-refractivity contribution in [2.24, 2.45) is 7.05 Å². The number of aromatic nitrogens is 5. The van der Waals surface area contributed by atoms with Crippen molar-refractivity contribution >= 4 is 17.7 Å². The molecule has 0 fully saturated rings. The van der Waals surface area contributed by atoms with Crippen LogP contribution in [0.5, 0.6) is 0 Å². The predicted octanol–water partition coefficient (Wildman–Crippen LogP) is 1.47. The maximum Gasteiger partial charge on any atom is 0.222 e. The highest BCUT2D eigenvalue weighted by atomic mass is 32.2. The van der Waals surface area contributed by atoms with Crippen LogP contribution in [0.3, 0.4) is 0 Å². The van der Waals surface area contributed by atoms with Crippen LogP contribution in [0, 0.1) is 0 Å². The molecule has 2 N–H and O–H groups in total. The Kier molecular flexibility index (Phi) is 3.37. The van der Waals surface area contributed by atoms with Crippen LogP contribution in [0.4, 0.5) is 5.95 Å². The van der Waals surface area contributed by atoms with Gasteiger partial charge in [0.25, 0.3) is 0 Å². The molecule has 92 valence electrons. The van der Waals surface area contributed by atoms with Crippen LogP contribution in [0.15, 0.2) is 17.4 Å². The van der Waals surface area contributed by atoms with Crippen LogP contribution in [0.1, 0.15) is 25.6 Å². The van der Waals surface area contributed by atoms with Crippen LogP contribution >= 0.6 is 11.8 Å². The monoisotopic (exact) mass is 252 g/mol. The molecule has 0 radical (unpaired) electrons. The molecule has 0 spiro atoms. The summed E-state index contributed by atoms with van der Waals surface area (Å²) in [5.74, 6) is 1.20. The first-order chi connectivity index (χ1) is 8.08. The van der Waals surface area contributed by atoms with Gasteiger partial charge in [-0.15, -0.1) is 10.2 Å². The molecular formula is C10H16N6S. The van der Waals surface area contributed by atoms with Crippen molar-refractivity contribution in [3.8, 4) is 0 Å². The van der Waals surface area contributed by atoms with Crippen molar-refractivity contribution in [3.05, 3.63) is 18.0 Å². The van der Waals surface area contributed by atoms with E-state index in [1.807, 2.05) is 24.0 Å². The van der Waals surface area contributed by atoms with Crippen molar-refractivity contribution < 1.29 is 0 Å². The molecule has 0 aromatic carbocycles. The summed E-state index contributed by atoms with van der Waals surface area (Å²) in [7, 11) is 1.85. The zero-order valence-corrected chi connectivity index (χ0v) is 11.0. The topological polar surface area (TPSA) is 74.6 Å². The third kappa shape index (κ3) is 2.60. The Morgan fingerprint density at radius 3 is 2.71 bits per heavy atom. The van der Waals surface area contributed by atoms with E-state index in [-0.39, 0.29) is 0 Å². The molecule has 2 aromatic rings. The average molecular weight is 252 g/mol. The van der Waals surface area contributed by atoms with Gasteiger partial charge in [0.15, 0.2) is 5.16 Å². The first-order valence-corrected chi connectivity index (χ1v) is 6.38. The quantitative estimate of drug-likeness (QED) is 0.834. The van der Waals surface area contributed by atoms with E-state index in [1.165, 1.54) is 0 Å². The highest BCUT2D eigenvalue weighted by molar-refractivity contribution is 7.98. The normalized spacial score (nSPS) is 11.3. The number of hydrogen-bond acceptors (Lipinski definition) is 5. The van der Waals surface area contributed by atoms with Crippen LogP contribution in [0.25, 0.3) is 0 Å². The van der Waals surface area contributed by atoms with Gasteiger partial charge in [-0.3, -0.25) is 9.25 Å². The van der Waals surface area contributed by atoms with Crippen molar-refractivity contribution in [1.82, 2.24) is 24.5 Å². The Morgan fingerprint density at radius 1 is 1.41 bits per heavy atom. The molecule has 17 heavy (non-hydrogen) atoms. The van der Waals surface area contributed by atoms with Crippen LogP contribution in [-0.2, 0) is 12.8 Å². The van der Waals surface area contributed by atoms with Gasteiger partial charge >= 0.3 is 0 Å². The van der Waals surface area contributed by atoms with Gasteiger partial charge in [-0.2, -0.15) is 5.10 Å². The minimum atomic E-state index is 0.388. The molecule has 0 aliphatic carbocycles. The van der Waals surface area contributed by atoms with E-state index in [0.717, 1.165) is 16.6 Å². The summed E-state index contributed by atoms with van der Waals surface area (Å²) >= 11 is 1.58. The highest BCUT2D eigenvalue weighted by Crippen LogP contribution is 2.20. The fourth-order valence-electron chi connectivity index (χ4n) is 1.33. The molecule has 2 rings (SSSR count). The van der Waals surface area contributed by atoms with Crippen LogP contribution in [0.2, 0.25) is 0 Å². The van der Waals surface area contributed by atoms with E-state index in [2.05, 4.69) is 29.1 Å². The molecule has 7 heteroatoms. The lowest BCUT2D eigenvalue weighted by molar-refractivity contribution is 0.528. The van der Waals surface area contributed by atoms with Gasteiger partial charge in [0.2, 0.25) is 5.95 Å². The lowest BCUT2D eigenvalue weighted by Gasteiger charge is -2.03. The first kappa shape index (κ1) is 12.0. The Morgan fingerprint density at radius 2 is 2.18 bits per heavy atom. The number of anilines is 1. The summed E-state index contributed by atoms with van der Waals surface area (Å²) in [6.07, 6.45) is 1.99. The number of nitrogens with two attached hydrogens (primary N) is 1. The summed E-state index contributed by atoms with van der Waals surface area (Å²) in [5.41, 5.74) is 6.64. The number of rotatable bonds is 4. The molecule has 0 unspecified atom stereocenters. The van der Waals surface area contributed by atoms with Crippen LogP contribution in [-0.4, -0.2) is 24.5 Å². The second kappa shape index (κ2) is 4.79. The number of nitrogens with zero attached hydrogens (tertiary/aromatic N) is 5. The van der Waals surface area contributed by atoms with E-state index in [9.17, 15) is 0 Å². The Hall–Kier alpha value is -1.50. The standard InChI is InChI=1S/C10H16N6S/c1-7(2)16-5-4-8(14-16)6-17-10-13-12-9(11)15(10)3/h4-5,7H,6H2,1-3H3,(H2,11,12). The van der Waals surface area contributed by atoms with Gasteiger partial charge in [-0.25, -0.2) is 0 Å². The second-order valence-electron chi connectivity index (χ2n) is 4.07. The number of thioether (sulfide) groups is 1. The van der Waals surface area contributed by atoms with Crippen LogP contribution < -0.4 is 5.73 Å². The van der Waals surface area contributed by atoms with E-state index in [4.69, 9.17) is 5.73 Å². The van der Waals surface area contributed by atoms with Gasteiger partial charge in [0.1, 0.15) is 0 Å².